The maximum absolute atomic E-state index is 13.6. The van der Waals surface area contributed by atoms with E-state index in [4.69, 9.17) is 5.73 Å². The normalized spacial score (nSPS) is 17.0. The third-order valence-electron chi connectivity index (χ3n) is 7.07. The number of nitrogens with zero attached hydrogens (tertiary/aromatic N) is 1. The van der Waals surface area contributed by atoms with E-state index in [0.717, 1.165) is 11.1 Å². The second kappa shape index (κ2) is 15.9. The van der Waals surface area contributed by atoms with Crippen molar-refractivity contribution in [2.75, 3.05) is 13.1 Å². The number of benzene rings is 2. The van der Waals surface area contributed by atoms with Crippen molar-refractivity contribution in [2.24, 2.45) is 10.7 Å². The minimum atomic E-state index is -1.39. The molecule has 13 heteroatoms. The lowest BCUT2D eigenvalue weighted by Crippen LogP contribution is -2.68. The summed E-state index contributed by atoms with van der Waals surface area (Å²) < 4.78 is 0. The van der Waals surface area contributed by atoms with Crippen LogP contribution in [0.2, 0.25) is 0 Å². The number of amides is 4. The van der Waals surface area contributed by atoms with E-state index < -0.39 is 54.0 Å². The van der Waals surface area contributed by atoms with E-state index in [9.17, 15) is 29.1 Å². The first-order valence-electron chi connectivity index (χ1n) is 14.1. The van der Waals surface area contributed by atoms with E-state index in [-0.39, 0.29) is 25.2 Å². The van der Waals surface area contributed by atoms with Crippen LogP contribution in [0.4, 0.5) is 4.79 Å². The highest BCUT2D eigenvalue weighted by atomic mass is 16.4. The zero-order valence-electron chi connectivity index (χ0n) is 24.0. The van der Waals surface area contributed by atoms with Gasteiger partial charge in [-0.2, -0.15) is 0 Å². The van der Waals surface area contributed by atoms with E-state index in [0.29, 0.717) is 25.7 Å². The van der Waals surface area contributed by atoms with Crippen LogP contribution in [0.3, 0.4) is 0 Å². The minimum Gasteiger partial charge on any atom is -0.480 e. The molecular weight excluding hydrogens is 554 g/mol. The molecule has 2 aromatic carbocycles. The molecule has 4 atom stereocenters. The first-order valence-corrected chi connectivity index (χ1v) is 14.1. The Morgan fingerprint density at radius 1 is 1.05 bits per heavy atom. The molecule has 1 aliphatic heterocycles. The van der Waals surface area contributed by atoms with Crippen LogP contribution in [0.25, 0.3) is 0 Å². The molecule has 0 fully saturated rings. The van der Waals surface area contributed by atoms with Gasteiger partial charge in [-0.1, -0.05) is 74.0 Å². The minimum absolute atomic E-state index is 0.0589. The first kappa shape index (κ1) is 32.6. The summed E-state index contributed by atoms with van der Waals surface area (Å²) in [6.07, 6.45) is 2.18. The van der Waals surface area contributed by atoms with Crippen molar-refractivity contribution in [3.63, 3.8) is 0 Å². The number of aliphatic imine (C=N–C) groups is 1. The molecule has 0 saturated heterocycles. The highest BCUT2D eigenvalue weighted by molar-refractivity contribution is 5.92. The number of carbonyl (C=O) groups excluding carboxylic acids is 4. The third-order valence-corrected chi connectivity index (χ3v) is 7.07. The van der Waals surface area contributed by atoms with E-state index in [1.165, 1.54) is 0 Å². The molecule has 8 N–H and O–H groups in total. The van der Waals surface area contributed by atoms with Crippen molar-refractivity contribution in [2.45, 2.75) is 62.7 Å². The topological polar surface area (TPSA) is 204 Å². The van der Waals surface area contributed by atoms with Crippen molar-refractivity contribution in [3.8, 4) is 0 Å². The molecule has 13 nitrogen and oxygen atoms in total. The van der Waals surface area contributed by atoms with Gasteiger partial charge in [0, 0.05) is 19.4 Å². The Kier molecular flexibility index (Phi) is 12.0. The van der Waals surface area contributed by atoms with E-state index in [2.05, 4.69) is 31.6 Å². The van der Waals surface area contributed by atoms with Gasteiger partial charge in [0.15, 0.2) is 5.96 Å². The molecule has 0 radical (unpaired) electrons. The number of carbonyl (C=O) groups is 5. The van der Waals surface area contributed by atoms with Crippen LogP contribution in [0.15, 0.2) is 65.7 Å². The Hall–Kier alpha value is -4.94. The quantitative estimate of drug-likeness (QED) is 0.142. The van der Waals surface area contributed by atoms with Crippen LogP contribution in [-0.2, 0) is 32.0 Å². The molecule has 3 rings (SSSR count). The number of nitrogens with two attached hydrogens (primary N) is 1. The summed E-state index contributed by atoms with van der Waals surface area (Å²) in [6.45, 7) is 1.71. The standard InChI is InChI=1S/C30H39N7O6/c1-2-9-22(34-25(39)18-33-29(43)35-23(27(41)42)16-20-10-5-3-6-11-20)26(40)37-30(19-38,17-21-12-7-4-8-13-21)24-14-15-32-28(31)36-24/h3-8,10-13,19,22-24H,2,9,14-18H2,1H3,(H,34,39)(H,37,40)(H,41,42)(H3,31,32,36)(H2,33,35,43)/t22-,23+,24-,30+/m1/s1. The molecule has 0 aromatic heterocycles. The lowest BCUT2D eigenvalue weighted by atomic mass is 9.82. The average molecular weight is 594 g/mol. The molecule has 0 aliphatic carbocycles. The molecule has 43 heavy (non-hydrogen) atoms. The Bertz CT molecular complexity index is 1290. The van der Waals surface area contributed by atoms with E-state index in [1.807, 2.05) is 37.3 Å². The molecular formula is C30H39N7O6. The van der Waals surface area contributed by atoms with Crippen LogP contribution in [-0.4, -0.2) is 77.9 Å². The van der Waals surface area contributed by atoms with Crippen molar-refractivity contribution < 1.29 is 29.1 Å². The zero-order valence-corrected chi connectivity index (χ0v) is 24.0. The van der Waals surface area contributed by atoms with Gasteiger partial charge in [-0.25, -0.2) is 9.59 Å². The number of hydrogen-bond acceptors (Lipinski definition) is 8. The molecule has 0 unspecified atom stereocenters. The Labute approximate surface area is 250 Å². The van der Waals surface area contributed by atoms with Gasteiger partial charge in [-0.15, -0.1) is 0 Å². The summed E-state index contributed by atoms with van der Waals surface area (Å²) in [7, 11) is 0. The Balaban J connectivity index is 1.64. The number of nitrogens with one attached hydrogen (secondary N) is 5. The Morgan fingerprint density at radius 3 is 2.28 bits per heavy atom. The lowest BCUT2D eigenvalue weighted by molar-refractivity contribution is -0.139. The van der Waals surface area contributed by atoms with Crippen LogP contribution in [0, 0.1) is 0 Å². The van der Waals surface area contributed by atoms with Gasteiger partial charge < -0.3 is 42.2 Å². The second-order valence-corrected chi connectivity index (χ2v) is 10.4. The number of rotatable bonds is 15. The third kappa shape index (κ3) is 9.83. The first-order chi connectivity index (χ1) is 20.7. The molecule has 230 valence electrons. The van der Waals surface area contributed by atoms with Crippen LogP contribution >= 0.6 is 0 Å². The average Bonchev–Trinajstić information content (AvgIpc) is 3.00. The largest absolute Gasteiger partial charge is 0.480 e. The number of carboxylic acids is 1. The SMILES string of the molecule is CCC[C@@H](NC(=O)CNC(=O)N[C@@H](Cc1ccccc1)C(=O)O)C(=O)N[C@](C=O)(Cc1ccccc1)[C@H]1CCN=C(N)N1. The van der Waals surface area contributed by atoms with Crippen molar-refractivity contribution >= 4 is 36.1 Å². The predicted octanol–water partition coefficient (Wildman–Crippen LogP) is 0.240. The molecule has 0 saturated carbocycles. The maximum atomic E-state index is 13.6. The summed E-state index contributed by atoms with van der Waals surface area (Å²) in [4.78, 5) is 67.2. The fourth-order valence-electron chi connectivity index (χ4n) is 4.88. The number of aliphatic carboxylic acids is 1. The van der Waals surface area contributed by atoms with Gasteiger partial charge in [0.05, 0.1) is 12.6 Å². The van der Waals surface area contributed by atoms with Gasteiger partial charge in [-0.05, 0) is 24.0 Å². The lowest BCUT2D eigenvalue weighted by Gasteiger charge is -2.40. The highest BCUT2D eigenvalue weighted by Crippen LogP contribution is 2.21. The molecule has 0 spiro atoms. The highest BCUT2D eigenvalue weighted by Gasteiger charge is 2.43. The smallest absolute Gasteiger partial charge is 0.326 e. The zero-order chi connectivity index (χ0) is 31.2. The second-order valence-electron chi connectivity index (χ2n) is 10.4. The number of hydrogen-bond donors (Lipinski definition) is 7. The van der Waals surface area contributed by atoms with Crippen LogP contribution < -0.4 is 32.3 Å². The summed E-state index contributed by atoms with van der Waals surface area (Å²) in [5.74, 6) is -2.29. The van der Waals surface area contributed by atoms with Crippen molar-refractivity contribution in [1.82, 2.24) is 26.6 Å². The van der Waals surface area contributed by atoms with Crippen LogP contribution in [0.5, 0.6) is 0 Å². The van der Waals surface area contributed by atoms with Gasteiger partial charge in [0.1, 0.15) is 23.9 Å². The number of aldehydes is 1. The van der Waals surface area contributed by atoms with Crippen molar-refractivity contribution in [3.05, 3.63) is 71.8 Å². The number of carboxylic acid groups (broad SMARTS) is 1. The maximum Gasteiger partial charge on any atom is 0.326 e. The van der Waals surface area contributed by atoms with Gasteiger partial charge in [0.25, 0.3) is 0 Å². The predicted molar refractivity (Wildman–Crippen MR) is 160 cm³/mol. The summed E-state index contributed by atoms with van der Waals surface area (Å²) >= 11 is 0. The van der Waals surface area contributed by atoms with Crippen molar-refractivity contribution in [1.29, 1.82) is 0 Å². The summed E-state index contributed by atoms with van der Waals surface area (Å²) in [6, 6.07) is 14.4. The molecule has 2 aromatic rings. The fourth-order valence-corrected chi connectivity index (χ4v) is 4.88. The number of urea groups is 1. The van der Waals surface area contributed by atoms with E-state index in [1.54, 1.807) is 30.3 Å². The van der Waals surface area contributed by atoms with Gasteiger partial charge >= 0.3 is 12.0 Å². The molecule has 4 amide bonds. The molecule has 1 heterocycles. The summed E-state index contributed by atoms with van der Waals surface area (Å²) in [5.41, 5.74) is 6.04. The van der Waals surface area contributed by atoms with Gasteiger partial charge in [0.2, 0.25) is 11.8 Å². The molecule has 1 aliphatic rings. The van der Waals surface area contributed by atoms with Crippen LogP contribution in [0.1, 0.15) is 37.3 Å². The van der Waals surface area contributed by atoms with Gasteiger partial charge in [-0.3, -0.25) is 14.6 Å². The number of guanidine groups is 1. The molecule has 0 bridgehead atoms. The summed E-state index contributed by atoms with van der Waals surface area (Å²) in [5, 5.41) is 22.7. The Morgan fingerprint density at radius 2 is 1.70 bits per heavy atom. The van der Waals surface area contributed by atoms with E-state index >= 15 is 0 Å². The monoisotopic (exact) mass is 593 g/mol. The fraction of sp³-hybridized carbons (Fsp3) is 0.400.